The summed E-state index contributed by atoms with van der Waals surface area (Å²) >= 11 is 0. The maximum atomic E-state index is 12.4. The highest BCUT2D eigenvalue weighted by Crippen LogP contribution is 2.30. The van der Waals surface area contributed by atoms with Gasteiger partial charge in [0.25, 0.3) is 5.91 Å². The Morgan fingerprint density at radius 3 is 2.25 bits per heavy atom. The molecule has 1 heterocycles. The summed E-state index contributed by atoms with van der Waals surface area (Å²) in [4.78, 5) is 12.4. The van der Waals surface area contributed by atoms with Gasteiger partial charge in [-0.2, -0.15) is 0 Å². The lowest BCUT2D eigenvalue weighted by atomic mass is 10.0. The summed E-state index contributed by atoms with van der Waals surface area (Å²) in [5, 5.41) is 3.60. The van der Waals surface area contributed by atoms with Crippen molar-refractivity contribution in [3.8, 4) is 0 Å². The number of benzene rings is 1. The first kappa shape index (κ1) is 18.5. The fourth-order valence-electron chi connectivity index (χ4n) is 2.58. The zero-order valence-corrected chi connectivity index (χ0v) is 15.9. The Bertz CT molecular complexity index is 886. The average molecular weight is 351 g/mol. The van der Waals surface area contributed by atoms with Gasteiger partial charge in [-0.15, -0.1) is 0 Å². The predicted octanol–water partition coefficient (Wildman–Crippen LogP) is 3.30. The molecule has 24 heavy (non-hydrogen) atoms. The van der Waals surface area contributed by atoms with Crippen LogP contribution >= 0.6 is 0 Å². The van der Waals surface area contributed by atoms with E-state index in [1.165, 1.54) is 0 Å². The van der Waals surface area contributed by atoms with Crippen molar-refractivity contribution in [1.29, 1.82) is 0 Å². The molecule has 6 heteroatoms. The van der Waals surface area contributed by atoms with Crippen molar-refractivity contribution in [3.63, 3.8) is 0 Å². The number of fused-ring (bicyclic) bond motifs is 1. The summed E-state index contributed by atoms with van der Waals surface area (Å²) < 4.78 is 29.1. The van der Waals surface area contributed by atoms with E-state index in [0.717, 1.165) is 22.1 Å². The number of nitrogens with one attached hydrogen (secondary N) is 1. The van der Waals surface area contributed by atoms with Crippen molar-refractivity contribution in [2.24, 2.45) is 0 Å². The third-order valence-electron chi connectivity index (χ3n) is 4.28. The maximum absolute atomic E-state index is 12.4. The normalized spacial score (nSPS) is 12.6. The Balaban J connectivity index is 2.20. The minimum atomic E-state index is -3.27. The zero-order chi connectivity index (χ0) is 18.3. The van der Waals surface area contributed by atoms with Gasteiger partial charge in [0, 0.05) is 17.5 Å². The summed E-state index contributed by atoms with van der Waals surface area (Å²) in [5.74, 6) is -0.235. The van der Waals surface area contributed by atoms with E-state index in [4.69, 9.17) is 4.42 Å². The molecule has 0 aliphatic carbocycles. The monoisotopic (exact) mass is 351 g/mol. The van der Waals surface area contributed by atoms with E-state index in [2.05, 4.69) is 5.32 Å². The van der Waals surface area contributed by atoms with Crippen LogP contribution < -0.4 is 5.32 Å². The van der Waals surface area contributed by atoms with Crippen molar-refractivity contribution in [2.75, 3.05) is 12.3 Å². The Morgan fingerprint density at radius 1 is 1.12 bits per heavy atom. The first-order valence-corrected chi connectivity index (χ1v) is 9.61. The van der Waals surface area contributed by atoms with E-state index < -0.39 is 14.6 Å². The van der Waals surface area contributed by atoms with Crippen molar-refractivity contribution < 1.29 is 17.6 Å². The summed E-state index contributed by atoms with van der Waals surface area (Å²) in [6.45, 7) is 10.8. The SMILES string of the molecule is Cc1ccc(C)c2c(C)c(C(=O)NCCS(=O)(=O)C(C)(C)C)oc12. The molecule has 0 spiro atoms. The van der Waals surface area contributed by atoms with Crippen LogP contribution in [0.4, 0.5) is 0 Å². The van der Waals surface area contributed by atoms with E-state index in [1.54, 1.807) is 20.8 Å². The standard InChI is InChI=1S/C18H25NO4S/c1-11-7-8-12(2)15-14(11)13(3)16(23-15)17(20)19-9-10-24(21,22)18(4,5)6/h7-8H,9-10H2,1-6H3,(H,19,20). The Hall–Kier alpha value is -1.82. The van der Waals surface area contributed by atoms with Crippen molar-refractivity contribution in [2.45, 2.75) is 46.3 Å². The van der Waals surface area contributed by atoms with Crippen molar-refractivity contribution in [1.82, 2.24) is 5.32 Å². The predicted molar refractivity (Wildman–Crippen MR) is 96.3 cm³/mol. The van der Waals surface area contributed by atoms with Gasteiger partial charge in [0.1, 0.15) is 5.58 Å². The van der Waals surface area contributed by atoms with Gasteiger partial charge in [-0.05, 0) is 52.7 Å². The molecule has 0 atom stereocenters. The molecule has 1 aromatic heterocycles. The zero-order valence-electron chi connectivity index (χ0n) is 15.1. The van der Waals surface area contributed by atoms with Crippen LogP contribution in [-0.4, -0.2) is 31.4 Å². The van der Waals surface area contributed by atoms with Gasteiger partial charge >= 0.3 is 0 Å². The molecule has 0 fully saturated rings. The lowest BCUT2D eigenvalue weighted by Gasteiger charge is -2.19. The number of sulfone groups is 1. The third kappa shape index (κ3) is 3.34. The van der Waals surface area contributed by atoms with Gasteiger partial charge in [-0.3, -0.25) is 4.79 Å². The molecule has 0 bridgehead atoms. The smallest absolute Gasteiger partial charge is 0.287 e. The molecule has 0 unspecified atom stereocenters. The average Bonchev–Trinajstić information content (AvgIpc) is 2.80. The van der Waals surface area contributed by atoms with Crippen LogP contribution in [0, 0.1) is 20.8 Å². The topological polar surface area (TPSA) is 76.4 Å². The fourth-order valence-corrected chi connectivity index (χ4v) is 3.56. The number of carbonyl (C=O) groups is 1. The third-order valence-corrected chi connectivity index (χ3v) is 6.89. The second-order valence-electron chi connectivity index (χ2n) is 7.15. The molecular weight excluding hydrogens is 326 g/mol. The molecule has 0 radical (unpaired) electrons. The second-order valence-corrected chi connectivity index (χ2v) is 10.0. The molecule has 1 amide bonds. The maximum Gasteiger partial charge on any atom is 0.287 e. The van der Waals surface area contributed by atoms with Gasteiger partial charge < -0.3 is 9.73 Å². The molecule has 0 aliphatic heterocycles. The molecule has 132 valence electrons. The van der Waals surface area contributed by atoms with E-state index in [-0.39, 0.29) is 24.0 Å². The van der Waals surface area contributed by atoms with Crippen LogP contribution in [0.25, 0.3) is 11.0 Å². The summed E-state index contributed by atoms with van der Waals surface area (Å²) in [6.07, 6.45) is 0. The number of hydrogen-bond acceptors (Lipinski definition) is 4. The molecule has 5 nitrogen and oxygen atoms in total. The first-order chi connectivity index (χ1) is 11.0. The van der Waals surface area contributed by atoms with Crippen LogP contribution in [0.2, 0.25) is 0 Å². The quantitative estimate of drug-likeness (QED) is 0.917. The van der Waals surface area contributed by atoms with Crippen molar-refractivity contribution >= 4 is 26.7 Å². The van der Waals surface area contributed by atoms with E-state index >= 15 is 0 Å². The minimum absolute atomic E-state index is 0.0624. The van der Waals surface area contributed by atoms with Gasteiger partial charge in [-0.25, -0.2) is 8.42 Å². The number of furan rings is 1. The number of amides is 1. The molecule has 1 N–H and O–H groups in total. The van der Waals surface area contributed by atoms with Crippen LogP contribution in [0.15, 0.2) is 16.5 Å². The summed E-state index contributed by atoms with van der Waals surface area (Å²) in [6, 6.07) is 3.95. The Kier molecular flexibility index (Phi) is 4.81. The fraction of sp³-hybridized carbons (Fsp3) is 0.500. The molecule has 0 saturated carbocycles. The van der Waals surface area contributed by atoms with Crippen LogP contribution in [0.3, 0.4) is 0 Å². The molecule has 2 rings (SSSR count). The number of rotatable bonds is 4. The molecular formula is C18H25NO4S. The van der Waals surface area contributed by atoms with Gasteiger partial charge in [0.15, 0.2) is 15.6 Å². The van der Waals surface area contributed by atoms with Crippen LogP contribution in [0.1, 0.15) is 48.0 Å². The second kappa shape index (κ2) is 6.24. The van der Waals surface area contributed by atoms with E-state index in [1.807, 2.05) is 32.9 Å². The highest BCUT2D eigenvalue weighted by molar-refractivity contribution is 7.92. The first-order valence-electron chi connectivity index (χ1n) is 7.95. The summed E-state index contributed by atoms with van der Waals surface area (Å²) in [7, 11) is -3.27. The Morgan fingerprint density at radius 2 is 1.71 bits per heavy atom. The minimum Gasteiger partial charge on any atom is -0.450 e. The lowest BCUT2D eigenvalue weighted by molar-refractivity contribution is 0.0929. The molecule has 2 aromatic rings. The highest BCUT2D eigenvalue weighted by atomic mass is 32.2. The molecule has 0 aliphatic rings. The van der Waals surface area contributed by atoms with E-state index in [9.17, 15) is 13.2 Å². The number of hydrogen-bond donors (Lipinski definition) is 1. The van der Waals surface area contributed by atoms with Gasteiger partial charge in [0.2, 0.25) is 0 Å². The van der Waals surface area contributed by atoms with Crippen LogP contribution in [0.5, 0.6) is 0 Å². The molecule has 1 aromatic carbocycles. The largest absolute Gasteiger partial charge is 0.450 e. The van der Waals surface area contributed by atoms with E-state index in [0.29, 0.717) is 5.58 Å². The van der Waals surface area contributed by atoms with Crippen molar-refractivity contribution in [3.05, 3.63) is 34.6 Å². The number of aryl methyl sites for hydroxylation is 3. The number of carbonyl (C=O) groups excluding carboxylic acids is 1. The highest BCUT2D eigenvalue weighted by Gasteiger charge is 2.28. The summed E-state index contributed by atoms with van der Waals surface area (Å²) in [5.41, 5.74) is 3.50. The van der Waals surface area contributed by atoms with Gasteiger partial charge in [-0.1, -0.05) is 12.1 Å². The van der Waals surface area contributed by atoms with Crippen LogP contribution in [-0.2, 0) is 9.84 Å². The lowest BCUT2D eigenvalue weighted by Crippen LogP contribution is -2.36. The Labute approximate surface area is 143 Å². The molecule has 0 saturated heterocycles. The van der Waals surface area contributed by atoms with Gasteiger partial charge in [0.05, 0.1) is 10.5 Å².